The van der Waals surface area contributed by atoms with Gasteiger partial charge in [0.05, 0.1) is 6.35 Å². The lowest BCUT2D eigenvalue weighted by Crippen LogP contribution is -1.95. The number of aryl methyl sites for hydroxylation is 1. The smallest absolute Gasteiger partial charge is 0.0624 e. The summed E-state index contributed by atoms with van der Waals surface area (Å²) >= 11 is 0. The van der Waals surface area contributed by atoms with Crippen LogP contribution in [0.25, 0.3) is 0 Å². The van der Waals surface area contributed by atoms with Gasteiger partial charge in [0.1, 0.15) is 0 Å². The maximum absolute atomic E-state index is 9.03. The Hall–Kier alpha value is -0.390. The molecule has 1 N–H and O–H groups in total. The second-order valence-corrected chi connectivity index (χ2v) is 5.79. The molecule has 0 aliphatic carbocycles. The molecule has 13 heavy (non-hydrogen) atoms. The lowest BCUT2D eigenvalue weighted by Gasteiger charge is -2.11. The molecule has 1 atom stereocenters. The van der Waals surface area contributed by atoms with Gasteiger partial charge >= 0.3 is 0 Å². The van der Waals surface area contributed by atoms with Gasteiger partial charge in [0.2, 0.25) is 0 Å². The molecule has 2 heteroatoms. The van der Waals surface area contributed by atoms with E-state index in [9.17, 15) is 0 Å². The van der Waals surface area contributed by atoms with E-state index in [1.54, 1.807) is 0 Å². The standard InChI is InChI=1S/C11H17OP/c1-2-13(10-12)9-8-11-6-4-3-5-7-11/h3-7,12H,2,8-10H2,1H3. The van der Waals surface area contributed by atoms with Crippen molar-refractivity contribution in [1.29, 1.82) is 0 Å². The maximum atomic E-state index is 9.03. The summed E-state index contributed by atoms with van der Waals surface area (Å²) in [5, 5.41) is 9.03. The molecule has 0 spiro atoms. The van der Waals surface area contributed by atoms with Gasteiger partial charge in [-0.1, -0.05) is 45.2 Å². The van der Waals surface area contributed by atoms with Crippen LogP contribution in [-0.2, 0) is 6.42 Å². The fraction of sp³-hybridized carbons (Fsp3) is 0.455. The van der Waals surface area contributed by atoms with E-state index >= 15 is 0 Å². The summed E-state index contributed by atoms with van der Waals surface area (Å²) in [6.45, 7) is 2.16. The summed E-state index contributed by atoms with van der Waals surface area (Å²) in [6, 6.07) is 10.5. The van der Waals surface area contributed by atoms with Crippen molar-refractivity contribution in [3.05, 3.63) is 35.9 Å². The van der Waals surface area contributed by atoms with Gasteiger partial charge < -0.3 is 5.11 Å². The SMILES string of the molecule is CCP(CO)CCc1ccccc1. The summed E-state index contributed by atoms with van der Waals surface area (Å²) in [4.78, 5) is 0. The highest BCUT2D eigenvalue weighted by Gasteiger charge is 2.02. The van der Waals surface area contributed by atoms with Gasteiger partial charge in [-0.15, -0.1) is 0 Å². The fourth-order valence-electron chi connectivity index (χ4n) is 1.26. The molecule has 1 rings (SSSR count). The number of hydrogen-bond donors (Lipinski definition) is 1. The van der Waals surface area contributed by atoms with E-state index in [2.05, 4.69) is 31.2 Å². The van der Waals surface area contributed by atoms with Crippen LogP contribution in [0.4, 0.5) is 0 Å². The molecule has 1 nitrogen and oxygen atoms in total. The van der Waals surface area contributed by atoms with E-state index in [1.165, 1.54) is 5.56 Å². The van der Waals surface area contributed by atoms with Crippen LogP contribution in [0.1, 0.15) is 12.5 Å². The van der Waals surface area contributed by atoms with Gasteiger partial charge in [-0.2, -0.15) is 0 Å². The topological polar surface area (TPSA) is 20.2 Å². The van der Waals surface area contributed by atoms with Crippen LogP contribution in [0.15, 0.2) is 30.3 Å². The molecule has 0 saturated heterocycles. The van der Waals surface area contributed by atoms with E-state index in [1.807, 2.05) is 6.07 Å². The van der Waals surface area contributed by atoms with Crippen molar-refractivity contribution in [2.45, 2.75) is 13.3 Å². The highest BCUT2D eigenvalue weighted by atomic mass is 31.1. The van der Waals surface area contributed by atoms with Crippen LogP contribution in [-0.4, -0.2) is 23.8 Å². The third-order valence-electron chi connectivity index (χ3n) is 2.21. The fourth-order valence-corrected chi connectivity index (χ4v) is 2.49. The Balaban J connectivity index is 2.34. The first-order valence-electron chi connectivity index (χ1n) is 4.74. The molecule has 0 amide bonds. The Kier molecular flexibility index (Phi) is 5.03. The van der Waals surface area contributed by atoms with Crippen molar-refractivity contribution >= 4 is 7.92 Å². The minimum absolute atomic E-state index is 0.124. The molecule has 0 fully saturated rings. The van der Waals surface area contributed by atoms with Crippen molar-refractivity contribution in [3.8, 4) is 0 Å². The zero-order valence-electron chi connectivity index (χ0n) is 8.11. The Labute approximate surface area is 81.6 Å². The van der Waals surface area contributed by atoms with E-state index < -0.39 is 0 Å². The van der Waals surface area contributed by atoms with Crippen LogP contribution in [0, 0.1) is 0 Å². The Morgan fingerprint density at radius 1 is 1.23 bits per heavy atom. The quantitative estimate of drug-likeness (QED) is 0.718. The van der Waals surface area contributed by atoms with Crippen molar-refractivity contribution in [3.63, 3.8) is 0 Å². The largest absolute Gasteiger partial charge is 0.392 e. The number of benzene rings is 1. The molecule has 1 aromatic rings. The molecule has 0 aliphatic heterocycles. The number of aliphatic hydroxyl groups excluding tert-OH is 1. The molecule has 72 valence electrons. The normalized spacial score (nSPS) is 12.8. The van der Waals surface area contributed by atoms with E-state index in [4.69, 9.17) is 5.11 Å². The number of aliphatic hydroxyl groups is 1. The Bertz CT molecular complexity index is 219. The molecule has 0 bridgehead atoms. The summed E-state index contributed by atoms with van der Waals surface area (Å²) in [7, 11) is -0.124. The van der Waals surface area contributed by atoms with E-state index in [0.29, 0.717) is 6.35 Å². The molecule has 0 saturated carbocycles. The molecule has 1 aromatic carbocycles. The lowest BCUT2D eigenvalue weighted by atomic mass is 10.2. The zero-order valence-corrected chi connectivity index (χ0v) is 9.00. The number of rotatable bonds is 5. The van der Waals surface area contributed by atoms with Gasteiger partial charge in [0, 0.05) is 0 Å². The molecular formula is C11H17OP. The molecule has 0 aromatic heterocycles. The monoisotopic (exact) mass is 196 g/mol. The van der Waals surface area contributed by atoms with Crippen molar-refractivity contribution in [2.24, 2.45) is 0 Å². The second kappa shape index (κ2) is 6.12. The van der Waals surface area contributed by atoms with Crippen molar-refractivity contribution in [2.75, 3.05) is 18.7 Å². The van der Waals surface area contributed by atoms with Gasteiger partial charge in [0.25, 0.3) is 0 Å². The first-order chi connectivity index (χ1) is 6.36. The Morgan fingerprint density at radius 2 is 1.92 bits per heavy atom. The van der Waals surface area contributed by atoms with Gasteiger partial charge in [0.15, 0.2) is 0 Å². The van der Waals surface area contributed by atoms with E-state index in [-0.39, 0.29) is 7.92 Å². The van der Waals surface area contributed by atoms with Gasteiger partial charge in [-0.05, 0) is 24.3 Å². The molecule has 0 radical (unpaired) electrons. The number of hydrogen-bond acceptors (Lipinski definition) is 1. The molecule has 0 aliphatic rings. The zero-order chi connectivity index (χ0) is 9.52. The predicted molar refractivity (Wildman–Crippen MR) is 59.6 cm³/mol. The second-order valence-electron chi connectivity index (χ2n) is 3.09. The van der Waals surface area contributed by atoms with Crippen LogP contribution in [0.2, 0.25) is 0 Å². The third kappa shape index (κ3) is 3.89. The molecular weight excluding hydrogens is 179 g/mol. The van der Waals surface area contributed by atoms with Gasteiger partial charge in [-0.3, -0.25) is 0 Å². The van der Waals surface area contributed by atoms with Crippen LogP contribution >= 0.6 is 7.92 Å². The van der Waals surface area contributed by atoms with Crippen molar-refractivity contribution < 1.29 is 5.11 Å². The molecule has 1 unspecified atom stereocenters. The highest BCUT2D eigenvalue weighted by Crippen LogP contribution is 2.33. The Morgan fingerprint density at radius 3 is 2.46 bits per heavy atom. The highest BCUT2D eigenvalue weighted by molar-refractivity contribution is 7.57. The summed E-state index contributed by atoms with van der Waals surface area (Å²) in [6.07, 6.45) is 3.80. The minimum Gasteiger partial charge on any atom is -0.392 e. The van der Waals surface area contributed by atoms with Crippen molar-refractivity contribution in [1.82, 2.24) is 0 Å². The van der Waals surface area contributed by atoms with Crippen LogP contribution in [0.5, 0.6) is 0 Å². The maximum Gasteiger partial charge on any atom is 0.0624 e. The molecule has 0 heterocycles. The summed E-state index contributed by atoms with van der Waals surface area (Å²) in [5.74, 6) is 0. The summed E-state index contributed by atoms with van der Waals surface area (Å²) < 4.78 is 0. The first-order valence-corrected chi connectivity index (χ1v) is 6.63. The predicted octanol–water partition coefficient (Wildman–Crippen LogP) is 2.68. The average Bonchev–Trinajstić information content (AvgIpc) is 2.21. The third-order valence-corrected chi connectivity index (χ3v) is 4.36. The average molecular weight is 196 g/mol. The first kappa shape index (κ1) is 10.7. The minimum atomic E-state index is -0.124. The van der Waals surface area contributed by atoms with Gasteiger partial charge in [-0.25, -0.2) is 0 Å². The van der Waals surface area contributed by atoms with Crippen LogP contribution < -0.4 is 0 Å². The van der Waals surface area contributed by atoms with Crippen LogP contribution in [0.3, 0.4) is 0 Å². The van der Waals surface area contributed by atoms with E-state index in [0.717, 1.165) is 18.7 Å². The lowest BCUT2D eigenvalue weighted by molar-refractivity contribution is 0.370. The summed E-state index contributed by atoms with van der Waals surface area (Å²) in [5.41, 5.74) is 1.39.